The van der Waals surface area contributed by atoms with E-state index >= 15 is 0 Å². The second-order valence-electron chi connectivity index (χ2n) is 6.07. The summed E-state index contributed by atoms with van der Waals surface area (Å²) < 4.78 is 27.3. The molecule has 0 radical (unpaired) electrons. The number of amides is 1. The second-order valence-corrected chi connectivity index (χ2v) is 8.87. The van der Waals surface area contributed by atoms with Gasteiger partial charge in [0.2, 0.25) is 10.0 Å². The molecule has 1 heterocycles. The molecule has 1 fully saturated rings. The smallest absolute Gasteiger partial charge is 0.255 e. The first kappa shape index (κ1) is 18.1. The summed E-state index contributed by atoms with van der Waals surface area (Å²) in [4.78, 5) is 12.6. The number of sulfonamides is 1. The normalized spacial score (nSPS) is 15.3. The van der Waals surface area contributed by atoms with Gasteiger partial charge in [0.05, 0.1) is 10.6 Å². The average Bonchev–Trinajstić information content (AvgIpc) is 3.13. The summed E-state index contributed by atoms with van der Waals surface area (Å²) >= 11 is 3.42. The fraction of sp³-hybridized carbons (Fsp3) is 0.278. The molecular formula is C18H19BrN2O3S. The summed E-state index contributed by atoms with van der Waals surface area (Å²) in [5, 5.41) is 2.82. The van der Waals surface area contributed by atoms with Gasteiger partial charge in [-0.3, -0.25) is 4.79 Å². The SMILES string of the molecule is Cc1ccc(NC(=O)c2ccc(S(=O)(=O)N3CCCC3)cc2)c(Br)c1. The molecule has 0 aromatic heterocycles. The van der Waals surface area contributed by atoms with E-state index in [-0.39, 0.29) is 10.8 Å². The van der Waals surface area contributed by atoms with Gasteiger partial charge in [-0.05, 0) is 77.7 Å². The van der Waals surface area contributed by atoms with Crippen LogP contribution in [0.4, 0.5) is 5.69 Å². The van der Waals surface area contributed by atoms with E-state index in [1.165, 1.54) is 16.4 Å². The molecule has 0 bridgehead atoms. The molecule has 1 aliphatic heterocycles. The Hall–Kier alpha value is -1.70. The number of aryl methyl sites for hydroxylation is 1. The van der Waals surface area contributed by atoms with Crippen molar-refractivity contribution in [2.24, 2.45) is 0 Å². The summed E-state index contributed by atoms with van der Waals surface area (Å²) in [6.07, 6.45) is 1.79. The average molecular weight is 423 g/mol. The maximum Gasteiger partial charge on any atom is 0.255 e. The maximum atomic E-state index is 12.5. The fourth-order valence-electron chi connectivity index (χ4n) is 2.77. The first-order valence-corrected chi connectivity index (χ1v) is 10.3. The summed E-state index contributed by atoms with van der Waals surface area (Å²) in [5.74, 6) is -0.283. The van der Waals surface area contributed by atoms with E-state index in [0.717, 1.165) is 22.9 Å². The van der Waals surface area contributed by atoms with Crippen molar-refractivity contribution in [1.82, 2.24) is 4.31 Å². The predicted octanol–water partition coefficient (Wildman–Crippen LogP) is 3.79. The van der Waals surface area contributed by atoms with Gasteiger partial charge in [0.1, 0.15) is 0 Å². The lowest BCUT2D eigenvalue weighted by Gasteiger charge is -2.15. The van der Waals surface area contributed by atoms with Crippen molar-refractivity contribution in [3.63, 3.8) is 0 Å². The summed E-state index contributed by atoms with van der Waals surface area (Å²) in [5.41, 5.74) is 2.17. The number of hydrogen-bond acceptors (Lipinski definition) is 3. The Bertz CT molecular complexity index is 889. The molecule has 132 valence electrons. The Labute approximate surface area is 156 Å². The van der Waals surface area contributed by atoms with E-state index in [1.807, 2.05) is 25.1 Å². The third-order valence-corrected chi connectivity index (χ3v) is 6.76. The molecule has 1 N–H and O–H groups in total. The molecule has 2 aromatic carbocycles. The third kappa shape index (κ3) is 3.94. The van der Waals surface area contributed by atoms with Crippen molar-refractivity contribution in [2.75, 3.05) is 18.4 Å². The van der Waals surface area contributed by atoms with Crippen LogP contribution >= 0.6 is 15.9 Å². The lowest BCUT2D eigenvalue weighted by molar-refractivity contribution is 0.102. The van der Waals surface area contributed by atoms with Crippen LogP contribution in [-0.2, 0) is 10.0 Å². The minimum Gasteiger partial charge on any atom is -0.321 e. The van der Waals surface area contributed by atoms with Crippen LogP contribution in [0.2, 0.25) is 0 Å². The van der Waals surface area contributed by atoms with E-state index in [2.05, 4.69) is 21.2 Å². The van der Waals surface area contributed by atoms with Crippen molar-refractivity contribution in [2.45, 2.75) is 24.7 Å². The lowest BCUT2D eigenvalue weighted by Crippen LogP contribution is -2.27. The molecule has 1 aliphatic rings. The number of nitrogens with zero attached hydrogens (tertiary/aromatic N) is 1. The van der Waals surface area contributed by atoms with E-state index in [4.69, 9.17) is 0 Å². The van der Waals surface area contributed by atoms with Crippen LogP contribution in [0, 0.1) is 6.92 Å². The summed E-state index contributed by atoms with van der Waals surface area (Å²) in [7, 11) is -3.46. The highest BCUT2D eigenvalue weighted by Crippen LogP contribution is 2.25. The number of rotatable bonds is 4. The zero-order valence-corrected chi connectivity index (χ0v) is 16.2. The molecule has 3 rings (SSSR count). The highest BCUT2D eigenvalue weighted by atomic mass is 79.9. The van der Waals surface area contributed by atoms with E-state index < -0.39 is 10.0 Å². The number of nitrogens with one attached hydrogen (secondary N) is 1. The first-order valence-electron chi connectivity index (χ1n) is 8.05. The molecule has 0 unspecified atom stereocenters. The molecule has 25 heavy (non-hydrogen) atoms. The van der Waals surface area contributed by atoms with Crippen molar-refractivity contribution in [3.05, 3.63) is 58.1 Å². The van der Waals surface area contributed by atoms with Gasteiger partial charge >= 0.3 is 0 Å². The molecule has 2 aromatic rings. The van der Waals surface area contributed by atoms with Gasteiger partial charge in [-0.25, -0.2) is 8.42 Å². The molecule has 0 aliphatic carbocycles. The number of hydrogen-bond donors (Lipinski definition) is 1. The van der Waals surface area contributed by atoms with E-state index in [9.17, 15) is 13.2 Å². The highest BCUT2D eigenvalue weighted by molar-refractivity contribution is 9.10. The van der Waals surface area contributed by atoms with Crippen molar-refractivity contribution in [3.8, 4) is 0 Å². The van der Waals surface area contributed by atoms with Crippen LogP contribution in [0.3, 0.4) is 0 Å². The number of carbonyl (C=O) groups is 1. The van der Waals surface area contributed by atoms with Crippen LogP contribution in [0.1, 0.15) is 28.8 Å². The molecule has 0 saturated carbocycles. The highest BCUT2D eigenvalue weighted by Gasteiger charge is 2.27. The van der Waals surface area contributed by atoms with Crippen LogP contribution < -0.4 is 5.32 Å². The predicted molar refractivity (Wildman–Crippen MR) is 101 cm³/mol. The number of halogens is 1. The molecule has 0 atom stereocenters. The Balaban J connectivity index is 1.76. The first-order chi connectivity index (χ1) is 11.9. The molecule has 5 nitrogen and oxygen atoms in total. The standard InChI is InChI=1S/C18H19BrN2O3S/c1-13-4-9-17(16(19)12-13)20-18(22)14-5-7-15(8-6-14)25(23,24)21-10-2-3-11-21/h4-9,12H,2-3,10-11H2,1H3,(H,20,22). The summed E-state index contributed by atoms with van der Waals surface area (Å²) in [6.45, 7) is 3.09. The van der Waals surface area contributed by atoms with Gasteiger partial charge in [0.15, 0.2) is 0 Å². The largest absolute Gasteiger partial charge is 0.321 e. The van der Waals surface area contributed by atoms with Gasteiger partial charge in [0.25, 0.3) is 5.91 Å². The minimum absolute atomic E-state index is 0.225. The van der Waals surface area contributed by atoms with Gasteiger partial charge in [-0.1, -0.05) is 6.07 Å². The zero-order valence-electron chi connectivity index (χ0n) is 13.8. The van der Waals surface area contributed by atoms with Crippen LogP contribution in [0.15, 0.2) is 51.8 Å². The van der Waals surface area contributed by atoms with Crippen molar-refractivity contribution < 1.29 is 13.2 Å². The van der Waals surface area contributed by atoms with Crippen LogP contribution in [0.5, 0.6) is 0 Å². The quantitative estimate of drug-likeness (QED) is 0.814. The topological polar surface area (TPSA) is 66.5 Å². The van der Waals surface area contributed by atoms with Crippen LogP contribution in [0.25, 0.3) is 0 Å². The second kappa shape index (κ2) is 7.27. The Morgan fingerprint density at radius 2 is 1.72 bits per heavy atom. The van der Waals surface area contributed by atoms with Crippen molar-refractivity contribution in [1.29, 1.82) is 0 Å². The third-order valence-electron chi connectivity index (χ3n) is 4.19. The monoisotopic (exact) mass is 422 g/mol. The van der Waals surface area contributed by atoms with Gasteiger partial charge in [0, 0.05) is 23.1 Å². The summed E-state index contributed by atoms with van der Waals surface area (Å²) in [6, 6.07) is 11.7. The van der Waals surface area contributed by atoms with Gasteiger partial charge in [-0.2, -0.15) is 4.31 Å². The molecule has 7 heteroatoms. The van der Waals surface area contributed by atoms with Gasteiger partial charge in [-0.15, -0.1) is 0 Å². The zero-order chi connectivity index (χ0) is 18.0. The Morgan fingerprint density at radius 1 is 1.08 bits per heavy atom. The Morgan fingerprint density at radius 3 is 2.32 bits per heavy atom. The maximum absolute atomic E-state index is 12.5. The molecule has 0 spiro atoms. The molecular weight excluding hydrogens is 404 g/mol. The van der Waals surface area contributed by atoms with Crippen LogP contribution in [-0.4, -0.2) is 31.7 Å². The number of carbonyl (C=O) groups excluding carboxylic acids is 1. The number of benzene rings is 2. The molecule has 1 saturated heterocycles. The minimum atomic E-state index is -3.46. The van der Waals surface area contributed by atoms with Gasteiger partial charge < -0.3 is 5.32 Å². The molecule has 1 amide bonds. The van der Waals surface area contributed by atoms with E-state index in [0.29, 0.717) is 24.3 Å². The fourth-order valence-corrected chi connectivity index (χ4v) is 4.88. The lowest BCUT2D eigenvalue weighted by atomic mass is 10.2. The Kier molecular flexibility index (Phi) is 5.27. The van der Waals surface area contributed by atoms with E-state index in [1.54, 1.807) is 12.1 Å². The number of anilines is 1. The van der Waals surface area contributed by atoms with Crippen molar-refractivity contribution >= 4 is 37.5 Å².